The summed E-state index contributed by atoms with van der Waals surface area (Å²) in [6.45, 7) is 0. The third-order valence-electron chi connectivity index (χ3n) is 7.17. The second-order valence-electron chi connectivity index (χ2n) is 8.92. The van der Waals surface area contributed by atoms with E-state index in [2.05, 4.69) is 120 Å². The van der Waals surface area contributed by atoms with E-state index in [-0.39, 0.29) is 0 Å². The summed E-state index contributed by atoms with van der Waals surface area (Å²) >= 11 is 0. The Kier molecular flexibility index (Phi) is 3.42. The Labute approximate surface area is 195 Å². The number of furan rings is 1. The summed E-state index contributed by atoms with van der Waals surface area (Å²) < 4.78 is 9.15. The normalized spacial score (nSPS) is 12.1. The molecule has 158 valence electrons. The van der Waals surface area contributed by atoms with Gasteiger partial charge in [-0.05, 0) is 34.4 Å². The molecule has 0 spiro atoms. The molecule has 0 atom stereocenters. The van der Waals surface area contributed by atoms with Crippen LogP contribution < -0.4 is 0 Å². The molecule has 2 aromatic heterocycles. The van der Waals surface area contributed by atoms with E-state index in [1.165, 1.54) is 43.4 Å². The highest BCUT2D eigenvalue weighted by atomic mass is 16.3. The van der Waals surface area contributed by atoms with Crippen LogP contribution in [0.15, 0.2) is 120 Å². The Morgan fingerprint density at radius 2 is 0.882 bits per heavy atom. The van der Waals surface area contributed by atoms with E-state index in [0.29, 0.717) is 0 Å². The van der Waals surface area contributed by atoms with Crippen LogP contribution in [0.1, 0.15) is 0 Å². The SMILES string of the molecule is c1ccc2c(c1)c1ccccc1c1c3cccc(-n4c5ccccc5c5ccccc54)c3oc21. The van der Waals surface area contributed by atoms with Gasteiger partial charge < -0.3 is 8.98 Å². The molecule has 0 radical (unpaired) electrons. The zero-order chi connectivity index (χ0) is 22.2. The second-order valence-corrected chi connectivity index (χ2v) is 8.92. The summed E-state index contributed by atoms with van der Waals surface area (Å²) in [6, 6.07) is 41.0. The molecule has 0 saturated heterocycles. The van der Waals surface area contributed by atoms with E-state index in [1.807, 2.05) is 0 Å². The highest BCUT2D eigenvalue weighted by Gasteiger charge is 2.20. The molecule has 0 fully saturated rings. The molecular formula is C32H19NO. The van der Waals surface area contributed by atoms with Gasteiger partial charge in [0.15, 0.2) is 5.58 Å². The number of fused-ring (bicyclic) bond motifs is 11. The molecule has 0 aliphatic carbocycles. The molecular weight excluding hydrogens is 414 g/mol. The third kappa shape index (κ3) is 2.20. The Morgan fingerprint density at radius 3 is 1.56 bits per heavy atom. The largest absolute Gasteiger partial charge is 0.453 e. The molecule has 0 amide bonds. The number of benzene rings is 6. The van der Waals surface area contributed by atoms with Crippen molar-refractivity contribution >= 4 is 65.3 Å². The Morgan fingerprint density at radius 1 is 0.382 bits per heavy atom. The van der Waals surface area contributed by atoms with Crippen LogP contribution in [0.25, 0.3) is 71.0 Å². The van der Waals surface area contributed by atoms with Gasteiger partial charge >= 0.3 is 0 Å². The maximum absolute atomic E-state index is 6.81. The first-order chi connectivity index (χ1) is 16.9. The van der Waals surface area contributed by atoms with E-state index in [0.717, 1.165) is 27.6 Å². The lowest BCUT2D eigenvalue weighted by Gasteiger charge is -2.08. The van der Waals surface area contributed by atoms with Crippen molar-refractivity contribution in [2.75, 3.05) is 0 Å². The minimum atomic E-state index is 0.922. The predicted octanol–water partition coefficient (Wildman–Crippen LogP) is 8.99. The van der Waals surface area contributed by atoms with Gasteiger partial charge in [0.2, 0.25) is 0 Å². The van der Waals surface area contributed by atoms with Gasteiger partial charge in [0.05, 0.1) is 16.7 Å². The second kappa shape index (κ2) is 6.49. The molecule has 0 unspecified atom stereocenters. The van der Waals surface area contributed by atoms with Crippen LogP contribution >= 0.6 is 0 Å². The summed E-state index contributed by atoms with van der Waals surface area (Å²) in [4.78, 5) is 0. The molecule has 0 N–H and O–H groups in total. The lowest BCUT2D eigenvalue weighted by molar-refractivity contribution is 0.670. The Balaban J connectivity index is 1.62. The molecule has 8 aromatic rings. The molecule has 2 heteroatoms. The molecule has 2 heterocycles. The van der Waals surface area contributed by atoms with Gasteiger partial charge in [0.25, 0.3) is 0 Å². The van der Waals surface area contributed by atoms with Crippen LogP contribution in [0.5, 0.6) is 0 Å². The summed E-state index contributed by atoms with van der Waals surface area (Å²) in [5.74, 6) is 0. The zero-order valence-corrected chi connectivity index (χ0v) is 18.3. The summed E-state index contributed by atoms with van der Waals surface area (Å²) in [5, 5.41) is 9.71. The van der Waals surface area contributed by atoms with Gasteiger partial charge in [0.1, 0.15) is 5.58 Å². The highest BCUT2D eigenvalue weighted by Crippen LogP contribution is 2.43. The molecule has 6 aromatic carbocycles. The average molecular weight is 434 g/mol. The van der Waals surface area contributed by atoms with Crippen molar-refractivity contribution in [1.82, 2.24) is 4.57 Å². The number of nitrogens with zero attached hydrogens (tertiary/aromatic N) is 1. The molecule has 2 nitrogen and oxygen atoms in total. The van der Waals surface area contributed by atoms with Gasteiger partial charge in [-0.2, -0.15) is 0 Å². The predicted molar refractivity (Wildman–Crippen MR) is 143 cm³/mol. The van der Waals surface area contributed by atoms with E-state index < -0.39 is 0 Å². The number of hydrogen-bond donors (Lipinski definition) is 0. The van der Waals surface area contributed by atoms with Gasteiger partial charge in [-0.1, -0.05) is 97.1 Å². The van der Waals surface area contributed by atoms with Gasteiger partial charge in [-0.3, -0.25) is 0 Å². The Hall–Kier alpha value is -4.56. The zero-order valence-electron chi connectivity index (χ0n) is 18.3. The van der Waals surface area contributed by atoms with Crippen molar-refractivity contribution in [3.63, 3.8) is 0 Å². The maximum atomic E-state index is 6.81. The standard InChI is InChI=1S/C32H19NO/c1-3-14-24-20(10-1)21-11-2-4-15-25(21)32-30(24)26-16-9-19-29(31(26)34-32)33-27-17-7-5-12-22(27)23-13-6-8-18-28(23)33/h1-19H. The molecule has 0 saturated carbocycles. The number of para-hydroxylation sites is 3. The minimum Gasteiger partial charge on any atom is -0.453 e. The molecule has 0 bridgehead atoms. The first kappa shape index (κ1) is 17.9. The lowest BCUT2D eigenvalue weighted by atomic mass is 9.97. The van der Waals surface area contributed by atoms with Crippen molar-refractivity contribution in [1.29, 1.82) is 0 Å². The van der Waals surface area contributed by atoms with Crippen molar-refractivity contribution < 1.29 is 4.42 Å². The number of rotatable bonds is 1. The van der Waals surface area contributed by atoms with Gasteiger partial charge in [-0.15, -0.1) is 0 Å². The lowest BCUT2D eigenvalue weighted by Crippen LogP contribution is -1.93. The minimum absolute atomic E-state index is 0.922. The third-order valence-corrected chi connectivity index (χ3v) is 7.17. The maximum Gasteiger partial charge on any atom is 0.159 e. The van der Waals surface area contributed by atoms with E-state index >= 15 is 0 Å². The van der Waals surface area contributed by atoms with E-state index in [1.54, 1.807) is 0 Å². The van der Waals surface area contributed by atoms with Gasteiger partial charge in [-0.25, -0.2) is 0 Å². The molecule has 0 aliphatic rings. The first-order valence-corrected chi connectivity index (χ1v) is 11.6. The van der Waals surface area contributed by atoms with Crippen LogP contribution in [0.4, 0.5) is 0 Å². The monoisotopic (exact) mass is 433 g/mol. The van der Waals surface area contributed by atoms with Crippen molar-refractivity contribution in [3.05, 3.63) is 115 Å². The Bertz CT molecular complexity index is 2020. The fourth-order valence-corrected chi connectivity index (χ4v) is 5.77. The van der Waals surface area contributed by atoms with Crippen molar-refractivity contribution in [2.45, 2.75) is 0 Å². The van der Waals surface area contributed by atoms with Crippen molar-refractivity contribution in [3.8, 4) is 5.69 Å². The smallest absolute Gasteiger partial charge is 0.159 e. The fourth-order valence-electron chi connectivity index (χ4n) is 5.77. The van der Waals surface area contributed by atoms with Gasteiger partial charge in [0, 0.05) is 26.9 Å². The van der Waals surface area contributed by atoms with Crippen LogP contribution in [-0.2, 0) is 0 Å². The topological polar surface area (TPSA) is 18.1 Å². The average Bonchev–Trinajstić information content (AvgIpc) is 3.46. The fraction of sp³-hybridized carbons (Fsp3) is 0. The molecule has 0 aliphatic heterocycles. The quantitative estimate of drug-likeness (QED) is 0.236. The van der Waals surface area contributed by atoms with Crippen LogP contribution in [0.3, 0.4) is 0 Å². The first-order valence-electron chi connectivity index (χ1n) is 11.6. The summed E-state index contributed by atoms with van der Waals surface area (Å²) in [5.41, 5.74) is 5.32. The van der Waals surface area contributed by atoms with Crippen LogP contribution in [0, 0.1) is 0 Å². The molecule has 34 heavy (non-hydrogen) atoms. The summed E-state index contributed by atoms with van der Waals surface area (Å²) in [6.07, 6.45) is 0. The summed E-state index contributed by atoms with van der Waals surface area (Å²) in [7, 11) is 0. The van der Waals surface area contributed by atoms with Crippen LogP contribution in [0.2, 0.25) is 0 Å². The molecule has 8 rings (SSSR count). The highest BCUT2D eigenvalue weighted by molar-refractivity contribution is 6.30. The number of hydrogen-bond acceptors (Lipinski definition) is 1. The van der Waals surface area contributed by atoms with E-state index in [4.69, 9.17) is 4.42 Å². The number of aromatic nitrogens is 1. The van der Waals surface area contributed by atoms with E-state index in [9.17, 15) is 0 Å². The van der Waals surface area contributed by atoms with Crippen molar-refractivity contribution in [2.24, 2.45) is 0 Å². The van der Waals surface area contributed by atoms with Crippen LogP contribution in [-0.4, -0.2) is 4.57 Å².